The fraction of sp³-hybridized carbons (Fsp3) is 0.444. The Morgan fingerprint density at radius 1 is 1.23 bits per heavy atom. The van der Waals surface area contributed by atoms with Crippen molar-refractivity contribution in [3.8, 4) is 0 Å². The molecule has 1 atom stereocenters. The van der Waals surface area contributed by atoms with Gasteiger partial charge in [-0.05, 0) is 69.4 Å². The van der Waals surface area contributed by atoms with E-state index < -0.39 is 41.4 Å². The van der Waals surface area contributed by atoms with Crippen LogP contribution in [0.2, 0.25) is 0 Å². The van der Waals surface area contributed by atoms with E-state index in [1.54, 1.807) is 45.1 Å². The lowest BCUT2D eigenvalue weighted by Gasteiger charge is -2.34. The molecule has 0 aromatic heterocycles. The summed E-state index contributed by atoms with van der Waals surface area (Å²) in [7, 11) is 0. The van der Waals surface area contributed by atoms with E-state index in [-0.39, 0.29) is 18.7 Å². The lowest BCUT2D eigenvalue weighted by Crippen LogP contribution is -2.49. The van der Waals surface area contributed by atoms with Crippen molar-refractivity contribution in [3.63, 3.8) is 0 Å². The van der Waals surface area contributed by atoms with Crippen LogP contribution in [0.1, 0.15) is 59.9 Å². The van der Waals surface area contributed by atoms with Crippen molar-refractivity contribution < 1.29 is 33.0 Å². The van der Waals surface area contributed by atoms with Crippen LogP contribution in [0, 0.1) is 11.7 Å². The van der Waals surface area contributed by atoms with Crippen LogP contribution in [0.5, 0.6) is 0 Å². The number of esters is 2. The first-order chi connectivity index (χ1) is 16.2. The Kier molecular flexibility index (Phi) is 9.01. The molecule has 1 aromatic rings. The van der Waals surface area contributed by atoms with Gasteiger partial charge < -0.3 is 19.5 Å². The molecule has 0 unspecified atom stereocenters. The van der Waals surface area contributed by atoms with Crippen molar-refractivity contribution in [1.82, 2.24) is 5.32 Å². The van der Waals surface area contributed by atoms with Gasteiger partial charge in [0.05, 0.1) is 0 Å². The summed E-state index contributed by atoms with van der Waals surface area (Å²) in [6, 6.07) is 5.57. The molecule has 2 rings (SSSR count). The third-order valence-electron chi connectivity index (χ3n) is 5.07. The Bertz CT molecular complexity index is 1010. The fourth-order valence-corrected chi connectivity index (χ4v) is 3.45. The number of halogens is 1. The SMILES string of the molecule is C=C/C(=C\C=C(/C)c1cccc(F)c1)C[C@H](CC1C(=O)OC(C)(C)OC1=O)NC(=O)OC(C)(C)C. The van der Waals surface area contributed by atoms with Gasteiger partial charge in [-0.2, -0.15) is 0 Å². The summed E-state index contributed by atoms with van der Waals surface area (Å²) in [5.41, 5.74) is 1.54. The third kappa shape index (κ3) is 9.03. The molecule has 1 aliphatic rings. The minimum Gasteiger partial charge on any atom is -0.444 e. The minimum absolute atomic E-state index is 0.0508. The molecule has 1 fully saturated rings. The maximum atomic E-state index is 13.6. The number of cyclic esters (lactones) is 2. The second-order valence-electron chi connectivity index (χ2n) is 9.88. The number of carbonyl (C=O) groups excluding carboxylic acids is 3. The zero-order valence-corrected chi connectivity index (χ0v) is 21.1. The second-order valence-corrected chi connectivity index (χ2v) is 9.88. The van der Waals surface area contributed by atoms with E-state index in [1.807, 2.05) is 13.0 Å². The normalized spacial score (nSPS) is 17.8. The van der Waals surface area contributed by atoms with E-state index in [4.69, 9.17) is 14.2 Å². The Morgan fingerprint density at radius 2 is 1.86 bits per heavy atom. The molecule has 0 bridgehead atoms. The first kappa shape index (κ1) is 27.8. The maximum absolute atomic E-state index is 13.6. The summed E-state index contributed by atoms with van der Waals surface area (Å²) < 4.78 is 29.3. The number of allylic oxidation sites excluding steroid dienone is 4. The van der Waals surface area contributed by atoms with Gasteiger partial charge in [0.25, 0.3) is 5.79 Å². The summed E-state index contributed by atoms with van der Waals surface area (Å²) >= 11 is 0. The third-order valence-corrected chi connectivity index (χ3v) is 5.07. The van der Waals surface area contributed by atoms with Gasteiger partial charge in [-0.15, -0.1) is 0 Å². The van der Waals surface area contributed by atoms with Gasteiger partial charge in [-0.25, -0.2) is 9.18 Å². The maximum Gasteiger partial charge on any atom is 0.407 e. The predicted molar refractivity (Wildman–Crippen MR) is 130 cm³/mol. The van der Waals surface area contributed by atoms with Gasteiger partial charge >= 0.3 is 18.0 Å². The van der Waals surface area contributed by atoms with Crippen LogP contribution in [0.4, 0.5) is 9.18 Å². The minimum atomic E-state index is -1.34. The summed E-state index contributed by atoms with van der Waals surface area (Å²) in [5.74, 6) is -4.30. The standard InChI is InChI=1S/C27H34FNO6/c1-8-18(13-12-17(2)19-10-9-11-20(28)15-19)14-21(29-25(32)35-26(3,4)5)16-22-23(30)33-27(6,7)34-24(22)31/h8-13,15,21-22H,1,14,16H2,2-7H3,(H,29,32)/b17-12+,18-13+/t21-/m1/s1. The zero-order chi connectivity index (χ0) is 26.4. The average Bonchev–Trinajstić information content (AvgIpc) is 2.71. The number of amides is 1. The summed E-state index contributed by atoms with van der Waals surface area (Å²) in [6.07, 6.45) is 4.72. The molecule has 0 saturated carbocycles. The molecule has 0 aliphatic carbocycles. The van der Waals surface area contributed by atoms with Crippen molar-refractivity contribution in [2.24, 2.45) is 5.92 Å². The van der Waals surface area contributed by atoms with Gasteiger partial charge in [-0.1, -0.05) is 36.9 Å². The number of benzene rings is 1. The van der Waals surface area contributed by atoms with Crippen molar-refractivity contribution >= 4 is 23.6 Å². The van der Waals surface area contributed by atoms with Gasteiger partial charge in [0.1, 0.15) is 11.4 Å². The Labute approximate surface area is 206 Å². The first-order valence-corrected chi connectivity index (χ1v) is 11.4. The van der Waals surface area contributed by atoms with Gasteiger partial charge in [0.15, 0.2) is 5.92 Å². The van der Waals surface area contributed by atoms with Gasteiger partial charge in [0.2, 0.25) is 0 Å². The van der Waals surface area contributed by atoms with E-state index in [1.165, 1.54) is 26.0 Å². The first-order valence-electron chi connectivity index (χ1n) is 11.4. The van der Waals surface area contributed by atoms with Crippen molar-refractivity contribution in [2.75, 3.05) is 0 Å². The van der Waals surface area contributed by atoms with Gasteiger partial charge in [-0.3, -0.25) is 9.59 Å². The highest BCUT2D eigenvalue weighted by Gasteiger charge is 2.44. The Morgan fingerprint density at radius 3 is 2.40 bits per heavy atom. The molecule has 7 nitrogen and oxygen atoms in total. The average molecular weight is 488 g/mol. The monoisotopic (exact) mass is 487 g/mol. The molecule has 1 saturated heterocycles. The van der Waals surface area contributed by atoms with Crippen LogP contribution in [0.15, 0.2) is 54.6 Å². The van der Waals surface area contributed by atoms with Crippen molar-refractivity contribution in [1.29, 1.82) is 0 Å². The second kappa shape index (κ2) is 11.3. The topological polar surface area (TPSA) is 90.9 Å². The number of ether oxygens (including phenoxy) is 3. The number of nitrogens with one attached hydrogen (secondary N) is 1. The largest absolute Gasteiger partial charge is 0.444 e. The van der Waals surface area contributed by atoms with Crippen LogP contribution >= 0.6 is 0 Å². The van der Waals surface area contributed by atoms with Crippen molar-refractivity contribution in [3.05, 3.63) is 66.0 Å². The Balaban J connectivity index is 2.25. The van der Waals surface area contributed by atoms with Crippen LogP contribution in [0.3, 0.4) is 0 Å². The smallest absolute Gasteiger partial charge is 0.407 e. The number of hydrogen-bond donors (Lipinski definition) is 1. The van der Waals surface area contributed by atoms with Crippen LogP contribution in [-0.4, -0.2) is 35.5 Å². The summed E-state index contributed by atoms with van der Waals surface area (Å²) in [4.78, 5) is 37.4. The molecular formula is C27H34FNO6. The van der Waals surface area contributed by atoms with Crippen LogP contribution < -0.4 is 5.32 Å². The highest BCUT2D eigenvalue weighted by atomic mass is 19.1. The van der Waals surface area contributed by atoms with E-state index in [9.17, 15) is 18.8 Å². The van der Waals surface area contributed by atoms with Crippen molar-refractivity contribution in [2.45, 2.75) is 71.8 Å². The van der Waals surface area contributed by atoms with E-state index in [2.05, 4.69) is 11.9 Å². The van der Waals surface area contributed by atoms with Gasteiger partial charge in [0, 0.05) is 19.9 Å². The van der Waals surface area contributed by atoms with Crippen LogP contribution in [0.25, 0.3) is 5.57 Å². The molecule has 35 heavy (non-hydrogen) atoms. The molecule has 1 heterocycles. The number of hydrogen-bond acceptors (Lipinski definition) is 6. The quantitative estimate of drug-likeness (QED) is 0.297. The molecule has 190 valence electrons. The molecule has 0 radical (unpaired) electrons. The van der Waals surface area contributed by atoms with E-state index in [0.29, 0.717) is 0 Å². The highest BCUT2D eigenvalue weighted by Crippen LogP contribution is 2.27. The number of carbonyl (C=O) groups is 3. The summed E-state index contributed by atoms with van der Waals surface area (Å²) in [5, 5.41) is 2.74. The highest BCUT2D eigenvalue weighted by molar-refractivity contribution is 5.96. The lowest BCUT2D eigenvalue weighted by molar-refractivity contribution is -0.240. The number of alkyl carbamates (subject to hydrolysis) is 1. The molecule has 1 aliphatic heterocycles. The number of rotatable bonds is 8. The predicted octanol–water partition coefficient (Wildman–Crippen LogP) is 5.47. The molecular weight excluding hydrogens is 453 g/mol. The Hall–Kier alpha value is -3.42. The fourth-order valence-electron chi connectivity index (χ4n) is 3.45. The molecule has 1 aromatic carbocycles. The molecule has 1 N–H and O–H groups in total. The molecule has 0 spiro atoms. The lowest BCUT2D eigenvalue weighted by atomic mass is 9.93. The molecule has 8 heteroatoms. The summed E-state index contributed by atoms with van der Waals surface area (Å²) in [6.45, 7) is 13.8. The van der Waals surface area contributed by atoms with E-state index >= 15 is 0 Å². The van der Waals surface area contributed by atoms with Crippen LogP contribution in [-0.2, 0) is 23.8 Å². The molecule has 1 amide bonds. The van der Waals surface area contributed by atoms with E-state index in [0.717, 1.165) is 16.7 Å². The zero-order valence-electron chi connectivity index (χ0n) is 21.1.